The number of alkyl carbamates (subject to hydrolysis) is 1. The van der Waals surface area contributed by atoms with Crippen molar-refractivity contribution in [2.45, 2.75) is 38.8 Å². The van der Waals surface area contributed by atoms with Gasteiger partial charge >= 0.3 is 6.09 Å². The molecule has 0 aliphatic rings. The quantitative estimate of drug-likeness (QED) is 0.390. The highest BCUT2D eigenvalue weighted by Gasteiger charge is 2.25. The lowest BCUT2D eigenvalue weighted by atomic mass is 10.0. The van der Waals surface area contributed by atoms with Crippen molar-refractivity contribution >= 4 is 6.09 Å². The monoisotopic (exact) mass is 454 g/mol. The molecule has 1 amide bonds. The molecular formula is C28H30N4O2. The van der Waals surface area contributed by atoms with E-state index in [0.29, 0.717) is 6.42 Å². The van der Waals surface area contributed by atoms with Gasteiger partial charge in [-0.15, -0.1) is 0 Å². The molecule has 0 radical (unpaired) electrons. The second kappa shape index (κ2) is 9.91. The van der Waals surface area contributed by atoms with Crippen molar-refractivity contribution in [1.29, 1.82) is 0 Å². The van der Waals surface area contributed by atoms with Crippen molar-refractivity contribution in [3.63, 3.8) is 0 Å². The number of nitrogens with zero attached hydrogens (tertiary/aromatic N) is 3. The maximum atomic E-state index is 12.6. The van der Waals surface area contributed by atoms with Gasteiger partial charge in [-0.2, -0.15) is 0 Å². The molecule has 0 bridgehead atoms. The number of rotatable bonds is 6. The van der Waals surface area contributed by atoms with Crippen molar-refractivity contribution < 1.29 is 9.53 Å². The van der Waals surface area contributed by atoms with Crippen molar-refractivity contribution in [1.82, 2.24) is 19.9 Å². The van der Waals surface area contributed by atoms with Gasteiger partial charge in [-0.05, 0) is 49.6 Å². The zero-order valence-electron chi connectivity index (χ0n) is 20.0. The first-order chi connectivity index (χ1) is 16.3. The van der Waals surface area contributed by atoms with E-state index in [2.05, 4.69) is 51.7 Å². The van der Waals surface area contributed by atoms with Gasteiger partial charge in [0.05, 0.1) is 17.9 Å². The number of benzene rings is 2. The van der Waals surface area contributed by atoms with E-state index in [9.17, 15) is 4.79 Å². The van der Waals surface area contributed by atoms with Gasteiger partial charge in [-0.3, -0.25) is 4.98 Å². The summed E-state index contributed by atoms with van der Waals surface area (Å²) in [6.45, 7) is 5.54. The Labute approximate surface area is 200 Å². The number of carbonyl (C=O) groups excluding carboxylic acids is 1. The molecular weight excluding hydrogens is 424 g/mol. The van der Waals surface area contributed by atoms with Gasteiger partial charge in [-0.25, -0.2) is 9.78 Å². The first-order valence-electron chi connectivity index (χ1n) is 11.4. The molecule has 2 aromatic carbocycles. The highest BCUT2D eigenvalue weighted by atomic mass is 16.6. The van der Waals surface area contributed by atoms with Gasteiger partial charge in [-0.1, -0.05) is 60.7 Å². The highest BCUT2D eigenvalue weighted by Crippen LogP contribution is 2.27. The molecule has 2 aromatic heterocycles. The van der Waals surface area contributed by atoms with E-state index in [1.54, 1.807) is 6.20 Å². The molecule has 0 aliphatic heterocycles. The van der Waals surface area contributed by atoms with Crippen LogP contribution in [0.15, 0.2) is 85.2 Å². The van der Waals surface area contributed by atoms with Crippen LogP contribution in [-0.4, -0.2) is 26.2 Å². The Kier molecular flexibility index (Phi) is 6.77. The van der Waals surface area contributed by atoms with E-state index < -0.39 is 17.7 Å². The summed E-state index contributed by atoms with van der Waals surface area (Å²) in [5.41, 5.74) is 4.62. The van der Waals surface area contributed by atoms with Gasteiger partial charge in [0.2, 0.25) is 0 Å². The summed E-state index contributed by atoms with van der Waals surface area (Å²) in [5, 5.41) is 2.99. The molecule has 0 spiro atoms. The minimum Gasteiger partial charge on any atom is -0.444 e. The Morgan fingerprint density at radius 3 is 2.21 bits per heavy atom. The lowest BCUT2D eigenvalue weighted by molar-refractivity contribution is 0.0500. The molecule has 1 unspecified atom stereocenters. The molecule has 0 saturated carbocycles. The van der Waals surface area contributed by atoms with Crippen molar-refractivity contribution in [3.8, 4) is 22.4 Å². The van der Waals surface area contributed by atoms with Crippen molar-refractivity contribution in [2.24, 2.45) is 7.05 Å². The number of pyridine rings is 1. The summed E-state index contributed by atoms with van der Waals surface area (Å²) in [5.74, 6) is 0.735. The van der Waals surface area contributed by atoms with Crippen LogP contribution in [0.4, 0.5) is 4.79 Å². The molecule has 174 valence electrons. The Morgan fingerprint density at radius 1 is 0.912 bits per heavy atom. The molecule has 1 atom stereocenters. The van der Waals surface area contributed by atoms with Crippen LogP contribution in [0.1, 0.15) is 38.3 Å². The molecule has 0 saturated heterocycles. The summed E-state index contributed by atoms with van der Waals surface area (Å²) < 4.78 is 7.52. The van der Waals surface area contributed by atoms with E-state index in [4.69, 9.17) is 4.74 Å². The molecule has 0 fully saturated rings. The van der Waals surface area contributed by atoms with Gasteiger partial charge < -0.3 is 14.6 Å². The van der Waals surface area contributed by atoms with E-state index in [1.165, 1.54) is 5.56 Å². The third kappa shape index (κ3) is 5.70. The Morgan fingerprint density at radius 2 is 1.56 bits per heavy atom. The number of nitrogens with one attached hydrogen (secondary N) is 1. The fraction of sp³-hybridized carbons (Fsp3) is 0.250. The third-order valence-corrected chi connectivity index (χ3v) is 5.45. The second-order valence-electron chi connectivity index (χ2n) is 9.23. The number of aromatic nitrogens is 3. The summed E-state index contributed by atoms with van der Waals surface area (Å²) in [6, 6.07) is 24.1. The summed E-state index contributed by atoms with van der Waals surface area (Å²) in [7, 11) is 1.96. The fourth-order valence-corrected chi connectivity index (χ4v) is 3.86. The molecule has 4 aromatic rings. The minimum absolute atomic E-state index is 0.396. The van der Waals surface area contributed by atoms with Crippen molar-refractivity contribution in [2.75, 3.05) is 0 Å². The average molecular weight is 455 g/mol. The van der Waals surface area contributed by atoms with E-state index in [0.717, 1.165) is 28.3 Å². The van der Waals surface area contributed by atoms with Crippen LogP contribution in [0.2, 0.25) is 0 Å². The summed E-state index contributed by atoms with van der Waals surface area (Å²) >= 11 is 0. The highest BCUT2D eigenvalue weighted by molar-refractivity contribution is 5.70. The topological polar surface area (TPSA) is 69.0 Å². The SMILES string of the molecule is Cn1c(-c2ccc(-c3ccccc3)cc2)cnc1C(Cc1ccccn1)NC(=O)OC(C)(C)C. The molecule has 6 heteroatoms. The predicted octanol–water partition coefficient (Wildman–Crippen LogP) is 5.96. The predicted molar refractivity (Wildman–Crippen MR) is 134 cm³/mol. The van der Waals surface area contributed by atoms with Crippen LogP contribution < -0.4 is 5.32 Å². The number of hydrogen-bond donors (Lipinski definition) is 1. The summed E-state index contributed by atoms with van der Waals surface area (Å²) in [6.07, 6.45) is 3.61. The number of ether oxygens (including phenoxy) is 1. The van der Waals surface area contributed by atoms with Crippen LogP contribution >= 0.6 is 0 Å². The lowest BCUT2D eigenvalue weighted by Crippen LogP contribution is -2.36. The number of imidazole rings is 1. The Bertz CT molecular complexity index is 1230. The van der Waals surface area contributed by atoms with Gasteiger partial charge in [0, 0.05) is 25.4 Å². The molecule has 4 rings (SSSR count). The second-order valence-corrected chi connectivity index (χ2v) is 9.23. The van der Waals surface area contributed by atoms with Crippen LogP contribution in [-0.2, 0) is 18.2 Å². The van der Waals surface area contributed by atoms with Gasteiger partial charge in [0.15, 0.2) is 0 Å². The number of amides is 1. The first-order valence-corrected chi connectivity index (χ1v) is 11.4. The smallest absolute Gasteiger partial charge is 0.408 e. The van der Waals surface area contributed by atoms with Crippen LogP contribution in [0.3, 0.4) is 0 Å². The molecule has 0 aliphatic carbocycles. The maximum absolute atomic E-state index is 12.6. The molecule has 2 heterocycles. The Balaban J connectivity index is 1.61. The maximum Gasteiger partial charge on any atom is 0.408 e. The molecule has 1 N–H and O–H groups in total. The van der Waals surface area contributed by atoms with Crippen LogP contribution in [0.25, 0.3) is 22.4 Å². The number of hydrogen-bond acceptors (Lipinski definition) is 4. The first kappa shape index (κ1) is 23.2. The van der Waals surface area contributed by atoms with Crippen molar-refractivity contribution in [3.05, 3.63) is 96.7 Å². The third-order valence-electron chi connectivity index (χ3n) is 5.45. The zero-order valence-corrected chi connectivity index (χ0v) is 20.0. The van der Waals surface area contributed by atoms with E-state index in [1.807, 2.05) is 75.0 Å². The lowest BCUT2D eigenvalue weighted by Gasteiger charge is -2.23. The fourth-order valence-electron chi connectivity index (χ4n) is 3.86. The van der Waals surface area contributed by atoms with Gasteiger partial charge in [0.25, 0.3) is 0 Å². The minimum atomic E-state index is -0.590. The standard InChI is InChI=1S/C28H30N4O2/c1-28(2,3)34-27(33)31-24(18-23-12-8-9-17-29-23)26-30-19-25(32(26)4)22-15-13-21(14-16-22)20-10-6-5-7-11-20/h5-17,19,24H,18H2,1-4H3,(H,31,33). The largest absolute Gasteiger partial charge is 0.444 e. The average Bonchev–Trinajstić information content (AvgIpc) is 3.20. The van der Waals surface area contributed by atoms with Gasteiger partial charge in [0.1, 0.15) is 11.4 Å². The molecule has 6 nitrogen and oxygen atoms in total. The normalized spacial score (nSPS) is 12.2. The molecule has 34 heavy (non-hydrogen) atoms. The summed E-state index contributed by atoms with van der Waals surface area (Å²) in [4.78, 5) is 21.7. The number of carbonyl (C=O) groups is 1. The zero-order chi connectivity index (χ0) is 24.1. The van der Waals surface area contributed by atoms with Crippen LogP contribution in [0, 0.1) is 0 Å². The van der Waals surface area contributed by atoms with E-state index >= 15 is 0 Å². The van der Waals surface area contributed by atoms with E-state index in [-0.39, 0.29) is 0 Å². The van der Waals surface area contributed by atoms with Crippen LogP contribution in [0.5, 0.6) is 0 Å². The Hall–Kier alpha value is -3.93.